The second-order valence-electron chi connectivity index (χ2n) is 5.75. The quantitative estimate of drug-likeness (QED) is 0.626. The lowest BCUT2D eigenvalue weighted by Crippen LogP contribution is -2.56. The monoisotopic (exact) mass is 297 g/mol. The first-order valence-electron chi connectivity index (χ1n) is 7.75. The smallest absolute Gasteiger partial charge is 0.131 e. The molecule has 0 heterocycles. The Labute approximate surface area is 125 Å². The van der Waals surface area contributed by atoms with Crippen LogP contribution in [0.5, 0.6) is 0 Å². The Kier molecular flexibility index (Phi) is 5.30. The van der Waals surface area contributed by atoms with Crippen LogP contribution >= 0.6 is 0 Å². The van der Waals surface area contributed by atoms with Crippen LogP contribution in [0.1, 0.15) is 51.1 Å². The van der Waals surface area contributed by atoms with E-state index in [1.165, 1.54) is 12.1 Å². The Morgan fingerprint density at radius 1 is 1.24 bits per heavy atom. The van der Waals surface area contributed by atoms with E-state index in [0.29, 0.717) is 5.56 Å². The van der Waals surface area contributed by atoms with Crippen LogP contribution in [0.3, 0.4) is 0 Å². The van der Waals surface area contributed by atoms with E-state index in [4.69, 9.17) is 5.84 Å². The maximum Gasteiger partial charge on any atom is 0.131 e. The second kappa shape index (κ2) is 6.81. The number of likely N-dealkylation sites (N-methyl/N-ethyl adjacent to an activating group) is 1. The van der Waals surface area contributed by atoms with Gasteiger partial charge in [-0.3, -0.25) is 16.2 Å². The predicted molar refractivity (Wildman–Crippen MR) is 80.5 cm³/mol. The van der Waals surface area contributed by atoms with Crippen LogP contribution in [0.4, 0.5) is 8.78 Å². The minimum atomic E-state index is -0.560. The molecule has 2 rings (SSSR count). The Bertz CT molecular complexity index is 469. The Morgan fingerprint density at radius 2 is 1.86 bits per heavy atom. The summed E-state index contributed by atoms with van der Waals surface area (Å²) in [4.78, 5) is 2.35. The number of nitrogens with zero attached hydrogens (tertiary/aromatic N) is 1. The average molecular weight is 297 g/mol. The molecule has 1 aliphatic rings. The van der Waals surface area contributed by atoms with Gasteiger partial charge in [0.2, 0.25) is 0 Å². The second-order valence-corrected chi connectivity index (χ2v) is 5.75. The molecule has 1 aromatic rings. The van der Waals surface area contributed by atoms with E-state index in [1.54, 1.807) is 0 Å². The van der Waals surface area contributed by atoms with E-state index >= 15 is 0 Å². The molecule has 1 saturated carbocycles. The highest BCUT2D eigenvalue weighted by Gasteiger charge is 2.46. The number of hydrazine groups is 1. The van der Waals surface area contributed by atoms with Gasteiger partial charge in [0.05, 0.1) is 6.04 Å². The van der Waals surface area contributed by atoms with Crippen molar-refractivity contribution in [1.82, 2.24) is 10.3 Å². The third-order valence-corrected chi connectivity index (χ3v) is 4.84. The maximum absolute atomic E-state index is 14.2. The number of benzene rings is 1. The summed E-state index contributed by atoms with van der Waals surface area (Å²) in [5.41, 5.74) is 3.06. The van der Waals surface area contributed by atoms with Crippen LogP contribution in [0.2, 0.25) is 0 Å². The molecule has 0 aliphatic heterocycles. The molecule has 118 valence electrons. The third-order valence-electron chi connectivity index (χ3n) is 4.84. The molecule has 21 heavy (non-hydrogen) atoms. The summed E-state index contributed by atoms with van der Waals surface area (Å²) in [5, 5.41) is 0. The molecule has 0 spiro atoms. The van der Waals surface area contributed by atoms with Crippen molar-refractivity contribution >= 4 is 0 Å². The summed E-state index contributed by atoms with van der Waals surface area (Å²) in [6.07, 6.45) is 4.16. The van der Waals surface area contributed by atoms with Gasteiger partial charge in [0.15, 0.2) is 0 Å². The SMILES string of the molecule is CCN(CC)C1(C(NN)c2ccc(F)cc2F)CCCC1. The zero-order chi connectivity index (χ0) is 15.5. The standard InChI is InChI=1S/C16H25F2N3/c1-3-21(4-2)16(9-5-6-10-16)15(20-19)13-8-7-12(17)11-14(13)18/h7-8,11,15,20H,3-6,9-10,19H2,1-2H3. The van der Waals surface area contributed by atoms with E-state index in [-0.39, 0.29) is 11.6 Å². The lowest BCUT2D eigenvalue weighted by atomic mass is 9.82. The van der Waals surface area contributed by atoms with Gasteiger partial charge in [0.1, 0.15) is 11.6 Å². The van der Waals surface area contributed by atoms with Gasteiger partial charge in [-0.25, -0.2) is 8.78 Å². The van der Waals surface area contributed by atoms with Crippen molar-refractivity contribution < 1.29 is 8.78 Å². The van der Waals surface area contributed by atoms with Gasteiger partial charge in [-0.2, -0.15) is 0 Å². The Morgan fingerprint density at radius 3 is 2.33 bits per heavy atom. The molecule has 1 unspecified atom stereocenters. The largest absolute Gasteiger partial charge is 0.296 e. The molecule has 1 aromatic carbocycles. The molecular weight excluding hydrogens is 272 g/mol. The zero-order valence-corrected chi connectivity index (χ0v) is 12.8. The highest BCUT2D eigenvalue weighted by atomic mass is 19.1. The van der Waals surface area contributed by atoms with Gasteiger partial charge in [-0.05, 0) is 32.0 Å². The maximum atomic E-state index is 14.2. The normalized spacial score (nSPS) is 19.1. The third kappa shape index (κ3) is 2.96. The van der Waals surface area contributed by atoms with Crippen LogP contribution in [0.25, 0.3) is 0 Å². The van der Waals surface area contributed by atoms with Gasteiger partial charge in [-0.15, -0.1) is 0 Å². The van der Waals surface area contributed by atoms with E-state index in [9.17, 15) is 8.78 Å². The van der Waals surface area contributed by atoms with Crippen molar-refractivity contribution in [2.75, 3.05) is 13.1 Å². The van der Waals surface area contributed by atoms with Crippen LogP contribution in [-0.2, 0) is 0 Å². The first-order valence-corrected chi connectivity index (χ1v) is 7.75. The van der Waals surface area contributed by atoms with Crippen LogP contribution in [0, 0.1) is 11.6 Å². The van der Waals surface area contributed by atoms with Crippen LogP contribution < -0.4 is 11.3 Å². The molecule has 0 saturated heterocycles. The molecule has 3 N–H and O–H groups in total. The molecule has 5 heteroatoms. The zero-order valence-electron chi connectivity index (χ0n) is 12.8. The van der Waals surface area contributed by atoms with Gasteiger partial charge < -0.3 is 0 Å². The fraction of sp³-hybridized carbons (Fsp3) is 0.625. The highest BCUT2D eigenvalue weighted by Crippen LogP contribution is 2.44. The van der Waals surface area contributed by atoms with Gasteiger partial charge in [-0.1, -0.05) is 32.8 Å². The van der Waals surface area contributed by atoms with Gasteiger partial charge >= 0.3 is 0 Å². The van der Waals surface area contributed by atoms with Crippen molar-refractivity contribution in [3.63, 3.8) is 0 Å². The molecule has 3 nitrogen and oxygen atoms in total. The summed E-state index contributed by atoms with van der Waals surface area (Å²) in [6, 6.07) is 3.41. The van der Waals surface area contributed by atoms with E-state index in [1.807, 2.05) is 0 Å². The molecular formula is C16H25F2N3. The summed E-state index contributed by atoms with van der Waals surface area (Å²) in [5.74, 6) is 4.70. The summed E-state index contributed by atoms with van der Waals surface area (Å²) in [7, 11) is 0. The number of hydrogen-bond donors (Lipinski definition) is 2. The lowest BCUT2D eigenvalue weighted by Gasteiger charge is -2.46. The number of nitrogens with two attached hydrogens (primary N) is 1. The lowest BCUT2D eigenvalue weighted by molar-refractivity contribution is 0.0612. The molecule has 1 fully saturated rings. The van der Waals surface area contributed by atoms with Crippen molar-refractivity contribution in [1.29, 1.82) is 0 Å². The van der Waals surface area contributed by atoms with Crippen molar-refractivity contribution in [2.24, 2.45) is 5.84 Å². The summed E-state index contributed by atoms with van der Waals surface area (Å²) < 4.78 is 27.4. The molecule has 0 radical (unpaired) electrons. The number of rotatable bonds is 6. The minimum absolute atomic E-state index is 0.198. The molecule has 0 amide bonds. The van der Waals surface area contributed by atoms with Crippen molar-refractivity contribution in [3.05, 3.63) is 35.4 Å². The fourth-order valence-electron chi connectivity index (χ4n) is 3.90. The Balaban J connectivity index is 2.45. The summed E-state index contributed by atoms with van der Waals surface area (Å²) >= 11 is 0. The van der Waals surface area contributed by atoms with Crippen molar-refractivity contribution in [3.8, 4) is 0 Å². The highest BCUT2D eigenvalue weighted by molar-refractivity contribution is 5.26. The topological polar surface area (TPSA) is 41.3 Å². The molecule has 0 aromatic heterocycles. The average Bonchev–Trinajstić information content (AvgIpc) is 2.94. The molecule has 0 bridgehead atoms. The van der Waals surface area contributed by atoms with Gasteiger partial charge in [0.25, 0.3) is 0 Å². The van der Waals surface area contributed by atoms with E-state index < -0.39 is 11.6 Å². The number of hydrogen-bond acceptors (Lipinski definition) is 3. The predicted octanol–water partition coefficient (Wildman–Crippen LogP) is 3.12. The van der Waals surface area contributed by atoms with Crippen LogP contribution in [-0.4, -0.2) is 23.5 Å². The summed E-state index contributed by atoms with van der Waals surface area (Å²) in [6.45, 7) is 5.99. The van der Waals surface area contributed by atoms with Crippen LogP contribution in [0.15, 0.2) is 18.2 Å². The molecule has 1 aliphatic carbocycles. The van der Waals surface area contributed by atoms with E-state index in [0.717, 1.165) is 44.8 Å². The minimum Gasteiger partial charge on any atom is -0.296 e. The van der Waals surface area contributed by atoms with Gasteiger partial charge in [0, 0.05) is 17.2 Å². The van der Waals surface area contributed by atoms with Crippen molar-refractivity contribution in [2.45, 2.75) is 51.1 Å². The first-order chi connectivity index (χ1) is 10.1. The number of nitrogens with one attached hydrogen (secondary N) is 1. The number of halogens is 2. The fourth-order valence-corrected chi connectivity index (χ4v) is 3.90. The van der Waals surface area contributed by atoms with E-state index in [2.05, 4.69) is 24.2 Å². The molecule has 1 atom stereocenters. The Hall–Kier alpha value is -1.04. The first kappa shape index (κ1) is 16.3.